The van der Waals surface area contributed by atoms with Crippen LogP contribution >= 0.6 is 31.9 Å². The summed E-state index contributed by atoms with van der Waals surface area (Å²) in [6.07, 6.45) is 5.85. The highest BCUT2D eigenvalue weighted by Crippen LogP contribution is 2.20. The van der Waals surface area contributed by atoms with Gasteiger partial charge >= 0.3 is 0 Å². The minimum absolute atomic E-state index is 0.354. The summed E-state index contributed by atoms with van der Waals surface area (Å²) in [4.78, 5) is 4.28. The maximum absolute atomic E-state index is 4.28. The van der Waals surface area contributed by atoms with Crippen molar-refractivity contribution in [3.05, 3.63) is 33.0 Å². The predicted molar refractivity (Wildman–Crippen MR) is 67.2 cm³/mol. The second kappa shape index (κ2) is 5.63. The maximum Gasteiger partial charge on any atom is 0.0769 e. The van der Waals surface area contributed by atoms with E-state index in [-0.39, 0.29) is 0 Å². The molecule has 2 nitrogen and oxygen atoms in total. The van der Waals surface area contributed by atoms with Crippen molar-refractivity contribution in [2.75, 3.05) is 7.05 Å². The summed E-state index contributed by atoms with van der Waals surface area (Å²) in [7, 11) is 1.93. The molecule has 1 atom stereocenters. The molecule has 76 valence electrons. The summed E-state index contributed by atoms with van der Waals surface area (Å²) in [5, 5.41) is 3.13. The molecule has 14 heavy (non-hydrogen) atoms. The van der Waals surface area contributed by atoms with Gasteiger partial charge in [0.05, 0.1) is 5.69 Å². The van der Waals surface area contributed by atoms with Crippen LogP contribution in [0.2, 0.25) is 0 Å². The molecule has 1 rings (SSSR count). The number of hydrogen-bond acceptors (Lipinski definition) is 2. The molecule has 1 unspecified atom stereocenters. The summed E-state index contributed by atoms with van der Waals surface area (Å²) in [5.41, 5.74) is 0.940. The minimum Gasteiger partial charge on any atom is -0.314 e. The van der Waals surface area contributed by atoms with Gasteiger partial charge in [-0.15, -0.1) is 0 Å². The summed E-state index contributed by atoms with van der Waals surface area (Å²) in [5.74, 6) is 0. The van der Waals surface area contributed by atoms with Gasteiger partial charge in [-0.2, -0.15) is 0 Å². The monoisotopic (exact) mass is 318 g/mol. The number of halogens is 2. The zero-order valence-electron chi connectivity index (χ0n) is 8.09. The van der Waals surface area contributed by atoms with Crippen molar-refractivity contribution in [3.63, 3.8) is 0 Å². The van der Waals surface area contributed by atoms with Crippen LogP contribution in [0, 0.1) is 0 Å². The molecular weight excluding hydrogens is 308 g/mol. The number of likely N-dealkylation sites (N-methyl/N-ethyl adjacent to an activating group) is 1. The predicted octanol–water partition coefficient (Wildman–Crippen LogP) is 3.23. The molecule has 1 heterocycles. The van der Waals surface area contributed by atoms with E-state index in [2.05, 4.69) is 55.2 Å². The number of rotatable bonds is 3. The molecule has 0 aliphatic heterocycles. The third-order valence-corrected chi connectivity index (χ3v) is 2.90. The van der Waals surface area contributed by atoms with Crippen molar-refractivity contribution >= 4 is 37.9 Å². The largest absolute Gasteiger partial charge is 0.314 e. The summed E-state index contributed by atoms with van der Waals surface area (Å²) in [6, 6.07) is 2.34. The average Bonchev–Trinajstić information content (AvgIpc) is 2.16. The third-order valence-electron chi connectivity index (χ3n) is 1.83. The minimum atomic E-state index is 0.354. The van der Waals surface area contributed by atoms with Gasteiger partial charge in [0.15, 0.2) is 0 Å². The number of nitrogens with zero attached hydrogens (tertiary/aromatic N) is 1. The van der Waals surface area contributed by atoms with Gasteiger partial charge < -0.3 is 5.32 Å². The lowest BCUT2D eigenvalue weighted by molar-refractivity contribution is 0.731. The lowest BCUT2D eigenvalue weighted by Gasteiger charge is -2.03. The van der Waals surface area contributed by atoms with Gasteiger partial charge in [-0.25, -0.2) is 0 Å². The Hall–Kier alpha value is -0.190. The van der Waals surface area contributed by atoms with Crippen molar-refractivity contribution in [2.24, 2.45) is 0 Å². The number of nitrogens with one attached hydrogen (secondary N) is 1. The summed E-state index contributed by atoms with van der Waals surface area (Å²) in [6.45, 7) is 2.09. The molecule has 0 aliphatic rings. The smallest absolute Gasteiger partial charge is 0.0769 e. The molecule has 1 aromatic rings. The highest BCUT2D eigenvalue weighted by atomic mass is 79.9. The van der Waals surface area contributed by atoms with Crippen molar-refractivity contribution in [2.45, 2.75) is 13.0 Å². The SMILES string of the molecule is CNC(C)/C=C/c1ncc(Br)cc1Br. The Morgan fingerprint density at radius 2 is 2.21 bits per heavy atom. The zero-order chi connectivity index (χ0) is 10.6. The molecule has 0 spiro atoms. The first-order chi connectivity index (χ1) is 6.63. The van der Waals surface area contributed by atoms with Crippen LogP contribution in [0.5, 0.6) is 0 Å². The van der Waals surface area contributed by atoms with Crippen molar-refractivity contribution in [3.8, 4) is 0 Å². The molecule has 0 saturated carbocycles. The van der Waals surface area contributed by atoms with E-state index in [0.29, 0.717) is 6.04 Å². The Labute approximate surface area is 101 Å². The van der Waals surface area contributed by atoms with Crippen LogP contribution in [0.4, 0.5) is 0 Å². The molecule has 4 heteroatoms. The highest BCUT2D eigenvalue weighted by molar-refractivity contribution is 9.11. The van der Waals surface area contributed by atoms with Crippen LogP contribution in [-0.2, 0) is 0 Å². The van der Waals surface area contributed by atoms with Crippen LogP contribution in [0.25, 0.3) is 6.08 Å². The fourth-order valence-electron chi connectivity index (χ4n) is 0.879. The summed E-state index contributed by atoms with van der Waals surface area (Å²) >= 11 is 6.82. The van der Waals surface area contributed by atoms with Crippen molar-refractivity contribution in [1.82, 2.24) is 10.3 Å². The fraction of sp³-hybridized carbons (Fsp3) is 0.300. The van der Waals surface area contributed by atoms with E-state index in [0.717, 1.165) is 14.6 Å². The second-order valence-corrected chi connectivity index (χ2v) is 4.73. The number of pyridine rings is 1. The quantitative estimate of drug-likeness (QED) is 0.925. The van der Waals surface area contributed by atoms with Crippen LogP contribution in [-0.4, -0.2) is 18.1 Å². The fourth-order valence-corrected chi connectivity index (χ4v) is 2.00. The van der Waals surface area contributed by atoms with E-state index in [9.17, 15) is 0 Å². The topological polar surface area (TPSA) is 24.9 Å². The molecule has 0 saturated heterocycles. The van der Waals surface area contributed by atoms with E-state index in [1.54, 1.807) is 6.20 Å². The van der Waals surface area contributed by atoms with Crippen molar-refractivity contribution in [1.29, 1.82) is 0 Å². The first-order valence-electron chi connectivity index (χ1n) is 4.30. The van der Waals surface area contributed by atoms with Gasteiger partial charge in [0, 0.05) is 21.2 Å². The molecule has 0 fully saturated rings. The van der Waals surface area contributed by atoms with Gasteiger partial charge in [-0.1, -0.05) is 6.08 Å². The van der Waals surface area contributed by atoms with Crippen LogP contribution in [0.1, 0.15) is 12.6 Å². The lowest BCUT2D eigenvalue weighted by atomic mass is 10.2. The summed E-state index contributed by atoms with van der Waals surface area (Å²) < 4.78 is 1.97. The van der Waals surface area contributed by atoms with Gasteiger partial charge in [-0.05, 0) is 58.0 Å². The standard InChI is InChI=1S/C10H12Br2N2/c1-7(13-2)3-4-10-9(12)5-8(11)6-14-10/h3-7,13H,1-2H3/b4-3+. The lowest BCUT2D eigenvalue weighted by Crippen LogP contribution is -2.17. The normalized spacial score (nSPS) is 13.4. The second-order valence-electron chi connectivity index (χ2n) is 2.96. The Balaban J connectivity index is 2.82. The van der Waals surface area contributed by atoms with Gasteiger partial charge in [0.2, 0.25) is 0 Å². The van der Waals surface area contributed by atoms with Crippen LogP contribution in [0.15, 0.2) is 27.3 Å². The number of hydrogen-bond donors (Lipinski definition) is 1. The molecule has 0 aliphatic carbocycles. The molecule has 0 bridgehead atoms. The van der Waals surface area contributed by atoms with E-state index in [4.69, 9.17) is 0 Å². The van der Waals surface area contributed by atoms with Gasteiger partial charge in [-0.3, -0.25) is 4.98 Å². The molecule has 0 aromatic carbocycles. The molecule has 1 aromatic heterocycles. The Kier molecular flexibility index (Phi) is 4.78. The maximum atomic E-state index is 4.28. The van der Waals surface area contributed by atoms with Crippen molar-refractivity contribution < 1.29 is 0 Å². The van der Waals surface area contributed by atoms with E-state index in [1.165, 1.54) is 0 Å². The van der Waals surface area contributed by atoms with Crippen LogP contribution < -0.4 is 5.32 Å². The van der Waals surface area contributed by atoms with E-state index < -0.39 is 0 Å². The van der Waals surface area contributed by atoms with E-state index >= 15 is 0 Å². The average molecular weight is 320 g/mol. The number of aromatic nitrogens is 1. The Bertz CT molecular complexity index is 337. The first kappa shape index (κ1) is 11.9. The van der Waals surface area contributed by atoms with Crippen LogP contribution in [0.3, 0.4) is 0 Å². The van der Waals surface area contributed by atoms with E-state index in [1.807, 2.05) is 19.2 Å². The first-order valence-corrected chi connectivity index (χ1v) is 5.88. The Morgan fingerprint density at radius 3 is 2.79 bits per heavy atom. The molecular formula is C10H12Br2N2. The Morgan fingerprint density at radius 1 is 1.50 bits per heavy atom. The highest BCUT2D eigenvalue weighted by Gasteiger charge is 1.98. The van der Waals surface area contributed by atoms with Gasteiger partial charge in [0.1, 0.15) is 0 Å². The molecule has 0 amide bonds. The molecule has 1 N–H and O–H groups in total. The zero-order valence-corrected chi connectivity index (χ0v) is 11.3. The third kappa shape index (κ3) is 3.52. The molecule has 0 radical (unpaired) electrons. The van der Waals surface area contributed by atoms with Gasteiger partial charge in [0.25, 0.3) is 0 Å².